The zero-order chi connectivity index (χ0) is 10.8. The lowest BCUT2D eigenvalue weighted by Gasteiger charge is -1.98. The third-order valence-corrected chi connectivity index (χ3v) is 2.08. The minimum absolute atomic E-state index is 0.135. The van der Waals surface area contributed by atoms with Gasteiger partial charge in [0.15, 0.2) is 0 Å². The zero-order valence-electron chi connectivity index (χ0n) is 8.08. The summed E-state index contributed by atoms with van der Waals surface area (Å²) in [6, 6.07) is 3.31. The fourth-order valence-electron chi connectivity index (χ4n) is 1.24. The Labute approximate surface area is 86.0 Å². The molecule has 2 heterocycles. The van der Waals surface area contributed by atoms with Crippen LogP contribution in [0.2, 0.25) is 0 Å². The molecule has 76 valence electrons. The normalized spacial score (nSPS) is 10.2. The molecule has 0 aliphatic heterocycles. The van der Waals surface area contributed by atoms with E-state index in [-0.39, 0.29) is 17.2 Å². The van der Waals surface area contributed by atoms with Crippen LogP contribution in [-0.4, -0.2) is 25.7 Å². The number of carbonyl (C=O) groups excluding carboxylic acids is 1. The average Bonchev–Trinajstić information content (AvgIpc) is 2.60. The van der Waals surface area contributed by atoms with E-state index in [0.717, 1.165) is 0 Å². The van der Waals surface area contributed by atoms with Gasteiger partial charge in [0.2, 0.25) is 11.7 Å². The van der Waals surface area contributed by atoms with Crippen molar-refractivity contribution >= 4 is 5.78 Å². The van der Waals surface area contributed by atoms with Gasteiger partial charge in [-0.1, -0.05) is 0 Å². The van der Waals surface area contributed by atoms with Crippen molar-refractivity contribution in [2.24, 2.45) is 7.05 Å². The second-order valence-corrected chi connectivity index (χ2v) is 3.08. The number of nitrogens with zero attached hydrogens (tertiary/aromatic N) is 3. The van der Waals surface area contributed by atoms with Gasteiger partial charge in [0, 0.05) is 25.0 Å². The van der Waals surface area contributed by atoms with Gasteiger partial charge in [-0.15, -0.1) is 0 Å². The highest BCUT2D eigenvalue weighted by Gasteiger charge is 2.16. The van der Waals surface area contributed by atoms with Crippen molar-refractivity contribution in [1.82, 2.24) is 14.8 Å². The fourth-order valence-corrected chi connectivity index (χ4v) is 1.24. The predicted octanol–water partition coefficient (Wildman–Crippen LogP) is 0.752. The number of rotatable bonds is 2. The Morgan fingerprint density at radius 2 is 2.27 bits per heavy atom. The number of aromatic hydroxyl groups is 1. The van der Waals surface area contributed by atoms with Crippen molar-refractivity contribution in [3.8, 4) is 5.88 Å². The van der Waals surface area contributed by atoms with Crippen LogP contribution in [0.1, 0.15) is 15.9 Å². The van der Waals surface area contributed by atoms with Crippen molar-refractivity contribution in [2.45, 2.75) is 0 Å². The molecule has 0 unspecified atom stereocenters. The molecule has 0 saturated carbocycles. The van der Waals surface area contributed by atoms with Gasteiger partial charge in [-0.05, 0) is 12.1 Å². The van der Waals surface area contributed by atoms with E-state index in [1.54, 1.807) is 25.4 Å². The largest absolute Gasteiger partial charge is 0.493 e. The van der Waals surface area contributed by atoms with Gasteiger partial charge in [-0.3, -0.25) is 9.78 Å². The van der Waals surface area contributed by atoms with E-state index in [1.807, 2.05) is 0 Å². The van der Waals surface area contributed by atoms with Crippen LogP contribution in [0.15, 0.2) is 30.7 Å². The molecule has 0 radical (unpaired) electrons. The quantitative estimate of drug-likeness (QED) is 0.731. The van der Waals surface area contributed by atoms with Gasteiger partial charge in [-0.2, -0.15) is 5.10 Å². The fraction of sp³-hybridized carbons (Fsp3) is 0.100. The number of ketones is 1. The van der Waals surface area contributed by atoms with Crippen molar-refractivity contribution in [1.29, 1.82) is 0 Å². The van der Waals surface area contributed by atoms with Crippen molar-refractivity contribution in [3.63, 3.8) is 0 Å². The zero-order valence-corrected chi connectivity index (χ0v) is 8.08. The van der Waals surface area contributed by atoms with Gasteiger partial charge in [0.1, 0.15) is 5.56 Å². The van der Waals surface area contributed by atoms with E-state index in [9.17, 15) is 9.90 Å². The standard InChI is InChI=1S/C10H9N3O2/c1-13-10(15)8(6-12-13)9(14)7-3-2-4-11-5-7/h2-6,15H,1H3. The molecule has 5 heteroatoms. The summed E-state index contributed by atoms with van der Waals surface area (Å²) in [5, 5.41) is 13.3. The Morgan fingerprint density at radius 3 is 2.80 bits per heavy atom. The molecule has 0 aliphatic carbocycles. The molecular formula is C10H9N3O2. The van der Waals surface area contributed by atoms with Crippen LogP contribution >= 0.6 is 0 Å². The van der Waals surface area contributed by atoms with Crippen molar-refractivity contribution in [3.05, 3.63) is 41.9 Å². The SMILES string of the molecule is Cn1ncc(C(=O)c2cccnc2)c1O. The van der Waals surface area contributed by atoms with Gasteiger partial charge in [0.05, 0.1) is 6.20 Å². The maximum Gasteiger partial charge on any atom is 0.220 e. The lowest BCUT2D eigenvalue weighted by molar-refractivity contribution is 0.103. The molecule has 15 heavy (non-hydrogen) atoms. The maximum atomic E-state index is 11.8. The predicted molar refractivity (Wildman–Crippen MR) is 52.5 cm³/mol. The maximum absolute atomic E-state index is 11.8. The van der Waals surface area contributed by atoms with Crippen LogP contribution in [0, 0.1) is 0 Å². The number of pyridine rings is 1. The first-order chi connectivity index (χ1) is 7.20. The Bertz CT molecular complexity index is 491. The van der Waals surface area contributed by atoms with E-state index in [4.69, 9.17) is 0 Å². The molecule has 1 N–H and O–H groups in total. The van der Waals surface area contributed by atoms with Crippen molar-refractivity contribution < 1.29 is 9.90 Å². The Balaban J connectivity index is 2.42. The average molecular weight is 203 g/mol. The summed E-state index contributed by atoms with van der Waals surface area (Å²) in [6.07, 6.45) is 4.37. The highest BCUT2D eigenvalue weighted by Crippen LogP contribution is 2.18. The summed E-state index contributed by atoms with van der Waals surface area (Å²) < 4.78 is 1.24. The summed E-state index contributed by atoms with van der Waals surface area (Å²) in [6.45, 7) is 0. The first-order valence-electron chi connectivity index (χ1n) is 4.36. The van der Waals surface area contributed by atoms with E-state index >= 15 is 0 Å². The number of aromatic nitrogens is 3. The molecule has 0 atom stereocenters. The van der Waals surface area contributed by atoms with Gasteiger partial charge in [-0.25, -0.2) is 4.68 Å². The lowest BCUT2D eigenvalue weighted by atomic mass is 10.1. The first kappa shape index (κ1) is 9.39. The van der Waals surface area contributed by atoms with E-state index in [0.29, 0.717) is 5.56 Å². The number of hydrogen-bond donors (Lipinski definition) is 1. The van der Waals surface area contributed by atoms with Crippen LogP contribution in [0.5, 0.6) is 5.88 Å². The van der Waals surface area contributed by atoms with E-state index < -0.39 is 0 Å². The molecule has 2 rings (SSSR count). The summed E-state index contributed by atoms with van der Waals surface area (Å²) in [5.41, 5.74) is 0.617. The highest BCUT2D eigenvalue weighted by molar-refractivity contribution is 6.10. The van der Waals surface area contributed by atoms with E-state index in [1.165, 1.54) is 17.1 Å². The highest BCUT2D eigenvalue weighted by atomic mass is 16.3. The molecule has 0 aliphatic rings. The lowest BCUT2D eigenvalue weighted by Crippen LogP contribution is -2.01. The monoisotopic (exact) mass is 203 g/mol. The van der Waals surface area contributed by atoms with E-state index in [2.05, 4.69) is 10.1 Å². The topological polar surface area (TPSA) is 68.0 Å². The Kier molecular flexibility index (Phi) is 2.21. The van der Waals surface area contributed by atoms with Crippen molar-refractivity contribution in [2.75, 3.05) is 0 Å². The Hall–Kier alpha value is -2.17. The van der Waals surface area contributed by atoms with Crippen LogP contribution in [0.4, 0.5) is 0 Å². The van der Waals surface area contributed by atoms with Gasteiger partial charge in [0.25, 0.3) is 0 Å². The van der Waals surface area contributed by atoms with Gasteiger partial charge < -0.3 is 5.11 Å². The molecule has 0 aromatic carbocycles. The molecule has 0 spiro atoms. The minimum atomic E-state index is -0.284. The summed E-state index contributed by atoms with van der Waals surface area (Å²) >= 11 is 0. The summed E-state index contributed by atoms with van der Waals surface area (Å²) in [7, 11) is 1.56. The number of aryl methyl sites for hydroxylation is 1. The number of carbonyl (C=O) groups is 1. The molecule has 2 aromatic heterocycles. The molecule has 0 bridgehead atoms. The second kappa shape index (κ2) is 3.53. The summed E-state index contributed by atoms with van der Waals surface area (Å²) in [5.74, 6) is -0.419. The Morgan fingerprint density at radius 1 is 1.47 bits per heavy atom. The molecule has 2 aromatic rings. The minimum Gasteiger partial charge on any atom is -0.493 e. The third kappa shape index (κ3) is 1.59. The molecular weight excluding hydrogens is 194 g/mol. The van der Waals surface area contributed by atoms with Crippen LogP contribution < -0.4 is 0 Å². The van der Waals surface area contributed by atoms with Gasteiger partial charge >= 0.3 is 0 Å². The van der Waals surface area contributed by atoms with Crippen LogP contribution in [0.25, 0.3) is 0 Å². The molecule has 0 fully saturated rings. The van der Waals surface area contributed by atoms with Crippen LogP contribution in [-0.2, 0) is 7.05 Å². The molecule has 5 nitrogen and oxygen atoms in total. The third-order valence-electron chi connectivity index (χ3n) is 2.08. The smallest absolute Gasteiger partial charge is 0.220 e. The van der Waals surface area contributed by atoms with Crippen LogP contribution in [0.3, 0.4) is 0 Å². The molecule has 0 saturated heterocycles. The molecule has 0 amide bonds. The summed E-state index contributed by atoms with van der Waals surface area (Å²) in [4.78, 5) is 15.7. The number of hydrogen-bond acceptors (Lipinski definition) is 4. The first-order valence-corrected chi connectivity index (χ1v) is 4.36. The second-order valence-electron chi connectivity index (χ2n) is 3.08.